The van der Waals surface area contributed by atoms with Crippen molar-refractivity contribution in [3.63, 3.8) is 0 Å². The molecule has 1 amide bonds. The predicted octanol–water partition coefficient (Wildman–Crippen LogP) is 4.92. The van der Waals surface area contributed by atoms with Gasteiger partial charge in [0.2, 0.25) is 0 Å². The number of hydrogen-bond donors (Lipinski definition) is 1. The molecule has 1 N–H and O–H groups in total. The van der Waals surface area contributed by atoms with Crippen LogP contribution in [0.25, 0.3) is 27.6 Å². The molecule has 35 heavy (non-hydrogen) atoms. The third kappa shape index (κ3) is 3.39. The van der Waals surface area contributed by atoms with Crippen molar-refractivity contribution in [3.8, 4) is 5.69 Å². The molecule has 0 radical (unpaired) electrons. The summed E-state index contributed by atoms with van der Waals surface area (Å²) < 4.78 is 44.7. The van der Waals surface area contributed by atoms with E-state index >= 15 is 0 Å². The van der Waals surface area contributed by atoms with Crippen LogP contribution >= 0.6 is 0 Å². The van der Waals surface area contributed by atoms with Gasteiger partial charge in [-0.2, -0.15) is 18.3 Å². The number of rotatable bonds is 3. The number of carbonyl (C=O) groups is 1. The highest BCUT2D eigenvalue weighted by molar-refractivity contribution is 6.10. The molecule has 178 valence electrons. The van der Waals surface area contributed by atoms with E-state index in [2.05, 4.69) is 20.0 Å². The van der Waals surface area contributed by atoms with Gasteiger partial charge in [0.1, 0.15) is 5.82 Å². The Morgan fingerprint density at radius 3 is 2.63 bits per heavy atom. The molecule has 1 aliphatic heterocycles. The van der Waals surface area contributed by atoms with Gasteiger partial charge in [-0.05, 0) is 55.8 Å². The zero-order valence-electron chi connectivity index (χ0n) is 19.0. The van der Waals surface area contributed by atoms with Gasteiger partial charge < -0.3 is 9.88 Å². The molecule has 0 fully saturated rings. The van der Waals surface area contributed by atoms with Crippen molar-refractivity contribution in [1.29, 1.82) is 0 Å². The molecule has 0 aliphatic carbocycles. The first-order chi connectivity index (χ1) is 16.7. The standard InChI is InChI=1S/C25H21F3N6O/c1-14-12-29-23-20(9-10-33(14)23)30-24(35)15-3-8-21-18(11-15)19-13-32(2)31-22(19)34(21)17-6-4-16(5-7-17)25(26,27)28/h3-8,11-13,20H,9-10H2,1-2H3,(H,30,35). The van der Waals surface area contributed by atoms with Gasteiger partial charge in [-0.15, -0.1) is 0 Å². The summed E-state index contributed by atoms with van der Waals surface area (Å²) in [7, 11) is 1.78. The Morgan fingerprint density at radius 1 is 1.11 bits per heavy atom. The number of benzene rings is 2. The topological polar surface area (TPSA) is 69.7 Å². The molecule has 3 aromatic heterocycles. The van der Waals surface area contributed by atoms with E-state index in [1.165, 1.54) is 12.1 Å². The van der Waals surface area contributed by atoms with Crippen LogP contribution in [0.5, 0.6) is 0 Å². The number of hydrogen-bond acceptors (Lipinski definition) is 3. The molecular formula is C25H21F3N6O. The number of halogens is 3. The van der Waals surface area contributed by atoms with Gasteiger partial charge in [0.15, 0.2) is 5.65 Å². The third-order valence-corrected chi connectivity index (χ3v) is 6.61. The molecule has 6 rings (SSSR count). The van der Waals surface area contributed by atoms with Crippen LogP contribution in [0.15, 0.2) is 54.9 Å². The fourth-order valence-electron chi connectivity index (χ4n) is 4.91. The van der Waals surface area contributed by atoms with Crippen LogP contribution in [0.3, 0.4) is 0 Å². The molecular weight excluding hydrogens is 457 g/mol. The molecule has 1 atom stereocenters. The average Bonchev–Trinajstić information content (AvgIpc) is 3.55. The number of imidazole rings is 1. The molecule has 0 saturated carbocycles. The highest BCUT2D eigenvalue weighted by Gasteiger charge is 2.30. The van der Waals surface area contributed by atoms with Crippen molar-refractivity contribution in [1.82, 2.24) is 29.2 Å². The van der Waals surface area contributed by atoms with E-state index in [1.54, 1.807) is 17.8 Å². The predicted molar refractivity (Wildman–Crippen MR) is 124 cm³/mol. The number of alkyl halides is 3. The average molecular weight is 478 g/mol. The van der Waals surface area contributed by atoms with Crippen LogP contribution in [-0.2, 0) is 19.8 Å². The van der Waals surface area contributed by atoms with Gasteiger partial charge in [-0.1, -0.05) is 0 Å². The molecule has 4 heterocycles. The van der Waals surface area contributed by atoms with Gasteiger partial charge >= 0.3 is 6.18 Å². The first-order valence-electron chi connectivity index (χ1n) is 11.2. The Morgan fingerprint density at radius 2 is 1.89 bits per heavy atom. The van der Waals surface area contributed by atoms with Gasteiger partial charge in [0.25, 0.3) is 5.91 Å². The number of aromatic nitrogens is 5. The van der Waals surface area contributed by atoms with Crippen LogP contribution in [0.4, 0.5) is 13.2 Å². The maximum Gasteiger partial charge on any atom is 0.416 e. The Kier molecular flexibility index (Phi) is 4.57. The zero-order valence-corrected chi connectivity index (χ0v) is 19.0. The van der Waals surface area contributed by atoms with Gasteiger partial charge in [-0.3, -0.25) is 14.0 Å². The van der Waals surface area contributed by atoms with Crippen molar-refractivity contribution in [2.75, 3.05) is 0 Å². The van der Waals surface area contributed by atoms with Gasteiger partial charge in [-0.25, -0.2) is 4.98 Å². The van der Waals surface area contributed by atoms with Crippen molar-refractivity contribution in [2.24, 2.45) is 7.05 Å². The lowest BCUT2D eigenvalue weighted by atomic mass is 10.1. The summed E-state index contributed by atoms with van der Waals surface area (Å²) in [5.74, 6) is 0.658. The second-order valence-electron chi connectivity index (χ2n) is 8.88. The van der Waals surface area contributed by atoms with E-state index in [9.17, 15) is 18.0 Å². The molecule has 0 saturated heterocycles. The Balaban J connectivity index is 1.40. The smallest absolute Gasteiger partial charge is 0.342 e. The van der Waals surface area contributed by atoms with Crippen LogP contribution in [-0.4, -0.2) is 29.8 Å². The van der Waals surface area contributed by atoms with Crippen molar-refractivity contribution in [3.05, 3.63) is 77.5 Å². The maximum absolute atomic E-state index is 13.1. The lowest BCUT2D eigenvalue weighted by Crippen LogP contribution is -2.27. The van der Waals surface area contributed by atoms with E-state index < -0.39 is 11.7 Å². The van der Waals surface area contributed by atoms with Crippen LogP contribution in [0, 0.1) is 6.92 Å². The highest BCUT2D eigenvalue weighted by Crippen LogP contribution is 2.34. The van der Waals surface area contributed by atoms with E-state index in [0.717, 1.165) is 52.9 Å². The van der Waals surface area contributed by atoms with Crippen LogP contribution < -0.4 is 5.32 Å². The molecule has 0 bridgehead atoms. The molecule has 1 aliphatic rings. The monoisotopic (exact) mass is 478 g/mol. The van der Waals surface area contributed by atoms with Crippen molar-refractivity contribution < 1.29 is 18.0 Å². The summed E-state index contributed by atoms with van der Waals surface area (Å²) in [6.07, 6.45) is 0.0312. The number of aryl methyl sites for hydroxylation is 2. The Labute approximate surface area is 197 Å². The molecule has 5 aromatic rings. The lowest BCUT2D eigenvalue weighted by molar-refractivity contribution is -0.137. The van der Waals surface area contributed by atoms with Crippen molar-refractivity contribution in [2.45, 2.75) is 32.1 Å². The maximum atomic E-state index is 13.1. The normalized spacial score (nSPS) is 15.7. The summed E-state index contributed by atoms with van der Waals surface area (Å²) in [5.41, 5.74) is 2.77. The van der Waals surface area contributed by atoms with E-state index in [1.807, 2.05) is 36.0 Å². The Bertz CT molecular complexity index is 1610. The van der Waals surface area contributed by atoms with Crippen LogP contribution in [0.2, 0.25) is 0 Å². The molecule has 10 heteroatoms. The molecule has 0 spiro atoms. The molecule has 1 unspecified atom stereocenters. The third-order valence-electron chi connectivity index (χ3n) is 6.61. The number of carbonyl (C=O) groups excluding carboxylic acids is 1. The number of nitrogens with one attached hydrogen (secondary N) is 1. The van der Waals surface area contributed by atoms with E-state index in [-0.39, 0.29) is 11.9 Å². The molecule has 7 nitrogen and oxygen atoms in total. The first-order valence-corrected chi connectivity index (χ1v) is 11.2. The Hall–Kier alpha value is -4.08. The summed E-state index contributed by atoms with van der Waals surface area (Å²) in [6.45, 7) is 2.81. The zero-order chi connectivity index (χ0) is 24.5. The summed E-state index contributed by atoms with van der Waals surface area (Å²) in [5, 5.41) is 9.22. The highest BCUT2D eigenvalue weighted by atomic mass is 19.4. The molecule has 2 aromatic carbocycles. The fraction of sp³-hybridized carbons (Fsp3) is 0.240. The van der Waals surface area contributed by atoms with Crippen LogP contribution in [0.1, 0.15) is 39.9 Å². The van der Waals surface area contributed by atoms with E-state index in [4.69, 9.17) is 0 Å². The largest absolute Gasteiger partial charge is 0.416 e. The minimum atomic E-state index is -4.41. The second-order valence-corrected chi connectivity index (χ2v) is 8.88. The first kappa shape index (κ1) is 21.5. The second kappa shape index (κ2) is 7.46. The van der Waals surface area contributed by atoms with Gasteiger partial charge in [0.05, 0.1) is 17.1 Å². The minimum Gasteiger partial charge on any atom is -0.342 e. The van der Waals surface area contributed by atoms with Crippen molar-refractivity contribution >= 4 is 27.8 Å². The minimum absolute atomic E-state index is 0.151. The summed E-state index contributed by atoms with van der Waals surface area (Å²) in [4.78, 5) is 17.6. The lowest BCUT2D eigenvalue weighted by Gasteiger charge is -2.12. The summed E-state index contributed by atoms with van der Waals surface area (Å²) >= 11 is 0. The SMILES string of the molecule is Cc1cnc2n1CCC2NC(=O)c1ccc2c(c1)c1cn(C)nc1n2-c1ccc(C(F)(F)F)cc1. The quantitative estimate of drug-likeness (QED) is 0.400. The summed E-state index contributed by atoms with van der Waals surface area (Å²) in [6, 6.07) is 10.2. The number of fused-ring (bicyclic) bond motifs is 4. The van der Waals surface area contributed by atoms with Gasteiger partial charge in [0, 0.05) is 53.7 Å². The number of amides is 1. The number of nitrogens with zero attached hydrogens (tertiary/aromatic N) is 5. The van der Waals surface area contributed by atoms with E-state index in [0.29, 0.717) is 16.9 Å². The fourth-order valence-corrected chi connectivity index (χ4v) is 4.91.